The summed E-state index contributed by atoms with van der Waals surface area (Å²) in [5.41, 5.74) is 3.21. The molecule has 0 atom stereocenters. The summed E-state index contributed by atoms with van der Waals surface area (Å²) in [6.45, 7) is 0.265. The van der Waals surface area contributed by atoms with E-state index < -0.39 is 0 Å². The molecular weight excluding hydrogens is 416 g/mol. The molecule has 0 saturated carbocycles. The zero-order valence-electron chi connectivity index (χ0n) is 16.1. The summed E-state index contributed by atoms with van der Waals surface area (Å²) in [6, 6.07) is 15.8. The Balaban J connectivity index is 1.45. The fourth-order valence-electron chi connectivity index (χ4n) is 4.10. The van der Waals surface area contributed by atoms with Gasteiger partial charge in [0.05, 0.1) is 11.1 Å². The number of thiophene rings is 1. The number of rotatable bonds is 4. The zero-order chi connectivity index (χ0) is 20.1. The molecule has 6 rings (SSSR count). The number of hydrogen-bond acceptors (Lipinski definition) is 6. The Bertz CT molecular complexity index is 1330. The fraction of sp³-hybridized carbons (Fsp3) is 0.217. The van der Waals surface area contributed by atoms with E-state index in [1.54, 1.807) is 27.7 Å². The molecule has 1 aliphatic carbocycles. The van der Waals surface area contributed by atoms with Crippen LogP contribution in [0.4, 0.5) is 0 Å². The molecule has 0 N–H and O–H groups in total. The number of nitrogens with zero attached hydrogens (tertiary/aromatic N) is 2. The average molecular weight is 435 g/mol. The van der Waals surface area contributed by atoms with Crippen molar-refractivity contribution in [2.24, 2.45) is 0 Å². The van der Waals surface area contributed by atoms with Gasteiger partial charge >= 0.3 is 0 Å². The lowest BCUT2D eigenvalue weighted by Crippen LogP contribution is -2.21. The summed E-state index contributed by atoms with van der Waals surface area (Å²) in [5.74, 6) is 2.23. The van der Waals surface area contributed by atoms with E-state index in [9.17, 15) is 4.79 Å². The predicted octanol–water partition coefficient (Wildman–Crippen LogP) is 4.96. The lowest BCUT2D eigenvalue weighted by Gasteiger charge is -2.12. The molecule has 2 aliphatic rings. The second-order valence-electron chi connectivity index (χ2n) is 7.38. The molecule has 0 amide bonds. The summed E-state index contributed by atoms with van der Waals surface area (Å²) in [4.78, 5) is 20.8. The summed E-state index contributed by atoms with van der Waals surface area (Å²) in [7, 11) is 0. The van der Waals surface area contributed by atoms with Crippen molar-refractivity contribution < 1.29 is 9.47 Å². The highest BCUT2D eigenvalue weighted by atomic mass is 32.2. The highest BCUT2D eigenvalue weighted by Gasteiger charge is 2.24. The number of thioether (sulfide) groups is 1. The molecular formula is C23H18N2O3S2. The first kappa shape index (κ1) is 18.0. The number of hydrogen-bond donors (Lipinski definition) is 0. The first-order chi connectivity index (χ1) is 14.8. The van der Waals surface area contributed by atoms with E-state index in [1.807, 2.05) is 48.5 Å². The van der Waals surface area contributed by atoms with Gasteiger partial charge < -0.3 is 9.47 Å². The molecule has 3 heterocycles. The van der Waals surface area contributed by atoms with Gasteiger partial charge in [-0.1, -0.05) is 36.0 Å². The summed E-state index contributed by atoms with van der Waals surface area (Å²) in [6.07, 6.45) is 3.16. The number of benzene rings is 2. The Morgan fingerprint density at radius 3 is 2.83 bits per heavy atom. The zero-order valence-corrected chi connectivity index (χ0v) is 17.7. The van der Waals surface area contributed by atoms with Gasteiger partial charge in [0.1, 0.15) is 4.83 Å². The minimum atomic E-state index is 0.0405. The third kappa shape index (κ3) is 2.92. The van der Waals surface area contributed by atoms with E-state index in [-0.39, 0.29) is 12.4 Å². The summed E-state index contributed by atoms with van der Waals surface area (Å²) >= 11 is 3.25. The molecule has 5 nitrogen and oxygen atoms in total. The van der Waals surface area contributed by atoms with Gasteiger partial charge in [0.25, 0.3) is 5.56 Å². The minimum Gasteiger partial charge on any atom is -0.454 e. The van der Waals surface area contributed by atoms with Crippen molar-refractivity contribution in [1.29, 1.82) is 0 Å². The van der Waals surface area contributed by atoms with Crippen LogP contribution < -0.4 is 15.0 Å². The van der Waals surface area contributed by atoms with Crippen molar-refractivity contribution in [3.8, 4) is 17.2 Å². The molecule has 0 saturated heterocycles. The van der Waals surface area contributed by atoms with Crippen LogP contribution in [0.2, 0.25) is 0 Å². The molecule has 30 heavy (non-hydrogen) atoms. The average Bonchev–Trinajstić information content (AvgIpc) is 3.48. The van der Waals surface area contributed by atoms with Gasteiger partial charge in [-0.3, -0.25) is 9.36 Å². The molecule has 4 aromatic rings. The highest BCUT2D eigenvalue weighted by molar-refractivity contribution is 7.98. The maximum atomic E-state index is 13.6. The molecule has 0 spiro atoms. The number of para-hydroxylation sites is 1. The molecule has 1 aliphatic heterocycles. The smallest absolute Gasteiger partial charge is 0.267 e. The van der Waals surface area contributed by atoms with Gasteiger partial charge in [-0.2, -0.15) is 0 Å². The summed E-state index contributed by atoms with van der Waals surface area (Å²) < 4.78 is 12.7. The first-order valence-electron chi connectivity index (χ1n) is 9.92. The monoisotopic (exact) mass is 434 g/mol. The van der Waals surface area contributed by atoms with Crippen LogP contribution in [0.1, 0.15) is 22.4 Å². The quantitative estimate of drug-likeness (QED) is 0.336. The normalized spacial score (nSPS) is 14.4. The van der Waals surface area contributed by atoms with Gasteiger partial charge in [0.2, 0.25) is 6.79 Å². The first-order valence-corrected chi connectivity index (χ1v) is 11.7. The second-order valence-corrected chi connectivity index (χ2v) is 9.41. The predicted molar refractivity (Wildman–Crippen MR) is 119 cm³/mol. The molecule has 7 heteroatoms. The molecule has 0 fully saturated rings. The van der Waals surface area contributed by atoms with Crippen molar-refractivity contribution in [2.75, 3.05) is 6.79 Å². The Hall–Kier alpha value is -2.77. The van der Waals surface area contributed by atoms with Crippen molar-refractivity contribution >= 4 is 33.3 Å². The van der Waals surface area contributed by atoms with Crippen LogP contribution >= 0.6 is 23.1 Å². The van der Waals surface area contributed by atoms with Crippen LogP contribution in [0.25, 0.3) is 15.9 Å². The van der Waals surface area contributed by atoms with Crippen LogP contribution in [-0.2, 0) is 18.6 Å². The Kier molecular flexibility index (Phi) is 4.32. The maximum Gasteiger partial charge on any atom is 0.267 e. The SMILES string of the molecule is O=c1c2c3c(sc2nc(SCc2ccc4c(c2)OCO4)n1-c1ccccc1)CCC3. The van der Waals surface area contributed by atoms with Crippen molar-refractivity contribution in [1.82, 2.24) is 9.55 Å². The minimum absolute atomic E-state index is 0.0405. The lowest BCUT2D eigenvalue weighted by atomic mass is 10.2. The molecule has 0 bridgehead atoms. The van der Waals surface area contributed by atoms with Crippen LogP contribution in [0.15, 0.2) is 58.5 Å². The topological polar surface area (TPSA) is 53.4 Å². The molecule has 0 unspecified atom stereocenters. The third-order valence-electron chi connectivity index (χ3n) is 5.53. The van der Waals surface area contributed by atoms with E-state index >= 15 is 0 Å². The van der Waals surface area contributed by atoms with Gasteiger partial charge in [0.15, 0.2) is 16.7 Å². The fourth-order valence-corrected chi connectivity index (χ4v) is 6.36. The van der Waals surface area contributed by atoms with Crippen LogP contribution in [-0.4, -0.2) is 16.3 Å². The largest absolute Gasteiger partial charge is 0.454 e. The van der Waals surface area contributed by atoms with E-state index in [4.69, 9.17) is 14.5 Å². The van der Waals surface area contributed by atoms with Gasteiger partial charge in [-0.25, -0.2) is 4.98 Å². The Labute approximate surface area is 181 Å². The van der Waals surface area contributed by atoms with Gasteiger partial charge in [0, 0.05) is 10.6 Å². The Morgan fingerprint density at radius 1 is 1.07 bits per heavy atom. The van der Waals surface area contributed by atoms with Crippen molar-refractivity contribution in [2.45, 2.75) is 30.2 Å². The van der Waals surface area contributed by atoms with Crippen molar-refractivity contribution in [3.63, 3.8) is 0 Å². The molecule has 0 radical (unpaired) electrons. The van der Waals surface area contributed by atoms with Crippen LogP contribution in [0, 0.1) is 0 Å². The van der Waals surface area contributed by atoms with E-state index in [1.165, 1.54) is 10.4 Å². The molecule has 150 valence electrons. The van der Waals surface area contributed by atoms with Crippen LogP contribution in [0.5, 0.6) is 11.5 Å². The second kappa shape index (κ2) is 7.18. The molecule has 2 aromatic carbocycles. The Morgan fingerprint density at radius 2 is 1.93 bits per heavy atom. The van der Waals surface area contributed by atoms with Gasteiger partial charge in [-0.15, -0.1) is 11.3 Å². The summed E-state index contributed by atoms with van der Waals surface area (Å²) in [5, 5.41) is 1.53. The highest BCUT2D eigenvalue weighted by Crippen LogP contribution is 2.37. The third-order valence-corrected chi connectivity index (χ3v) is 7.72. The maximum absolute atomic E-state index is 13.6. The van der Waals surface area contributed by atoms with Crippen molar-refractivity contribution in [3.05, 3.63) is 74.9 Å². The van der Waals surface area contributed by atoms with E-state index in [2.05, 4.69) is 0 Å². The number of fused-ring (bicyclic) bond motifs is 4. The lowest BCUT2D eigenvalue weighted by molar-refractivity contribution is 0.174. The number of aryl methyl sites for hydroxylation is 2. The van der Waals surface area contributed by atoms with Crippen LogP contribution in [0.3, 0.4) is 0 Å². The van der Waals surface area contributed by atoms with Gasteiger partial charge in [-0.05, 0) is 54.7 Å². The number of ether oxygens (including phenoxy) is 2. The standard InChI is InChI=1S/C23H18N2O3S2/c26-22-20-16-7-4-8-19(16)30-21(20)24-23(25(22)15-5-2-1-3-6-15)29-12-14-9-10-17-18(11-14)28-13-27-17/h1-3,5-6,9-11H,4,7-8,12-13H2. The van der Waals surface area contributed by atoms with E-state index in [0.29, 0.717) is 5.75 Å². The van der Waals surface area contributed by atoms with E-state index in [0.717, 1.165) is 57.4 Å². The number of aromatic nitrogens is 2. The molecule has 2 aromatic heterocycles.